The molecule has 0 aliphatic heterocycles. The SMILES string of the molecule is O=C([O-])C(F)(F)F.[NH3+][C@@H](Cc1cc(=O)oc2cc(O)c(Cl)cc12)C(=O)O. The van der Waals surface area contributed by atoms with Gasteiger partial charge in [0.15, 0.2) is 6.04 Å². The van der Waals surface area contributed by atoms with Gasteiger partial charge < -0.3 is 30.3 Å². The molecule has 26 heavy (non-hydrogen) atoms. The largest absolute Gasteiger partial charge is 0.542 e. The minimum Gasteiger partial charge on any atom is -0.542 e. The van der Waals surface area contributed by atoms with Crippen LogP contribution < -0.4 is 16.5 Å². The van der Waals surface area contributed by atoms with Crippen LogP contribution in [-0.4, -0.2) is 34.4 Å². The van der Waals surface area contributed by atoms with E-state index in [0.717, 1.165) is 0 Å². The van der Waals surface area contributed by atoms with Crippen molar-refractivity contribution in [1.29, 1.82) is 0 Å². The molecule has 5 N–H and O–H groups in total. The number of carboxylic acid groups (broad SMARTS) is 2. The second kappa shape index (κ2) is 8.06. The summed E-state index contributed by atoms with van der Waals surface area (Å²) in [5.74, 6) is -4.28. The zero-order chi connectivity index (χ0) is 20.2. The first-order chi connectivity index (χ1) is 11.8. The van der Waals surface area contributed by atoms with Gasteiger partial charge in [0, 0.05) is 23.9 Å². The van der Waals surface area contributed by atoms with E-state index in [-0.39, 0.29) is 22.8 Å². The lowest BCUT2D eigenvalue weighted by Gasteiger charge is -2.07. The van der Waals surface area contributed by atoms with Crippen molar-refractivity contribution in [1.82, 2.24) is 0 Å². The van der Waals surface area contributed by atoms with Crippen LogP contribution in [0.3, 0.4) is 0 Å². The van der Waals surface area contributed by atoms with Crippen molar-refractivity contribution < 1.29 is 48.2 Å². The number of halogens is 4. The molecule has 1 atom stereocenters. The Labute approximate surface area is 147 Å². The van der Waals surface area contributed by atoms with Crippen molar-refractivity contribution in [3.8, 4) is 5.75 Å². The van der Waals surface area contributed by atoms with Gasteiger partial charge in [-0.2, -0.15) is 13.2 Å². The predicted octanol–water partition coefficient (Wildman–Crippen LogP) is -0.312. The minimum absolute atomic E-state index is 0.0680. The average molecular weight is 398 g/mol. The summed E-state index contributed by atoms with van der Waals surface area (Å²) >= 11 is 5.80. The molecule has 1 aromatic heterocycles. The predicted molar refractivity (Wildman–Crippen MR) is 78.2 cm³/mol. The van der Waals surface area contributed by atoms with Crippen molar-refractivity contribution in [2.24, 2.45) is 0 Å². The van der Waals surface area contributed by atoms with Crippen LogP contribution in [0, 0.1) is 0 Å². The summed E-state index contributed by atoms with van der Waals surface area (Å²) < 4.78 is 36.5. The molecule has 0 unspecified atom stereocenters. The van der Waals surface area contributed by atoms with Crippen molar-refractivity contribution in [2.75, 3.05) is 0 Å². The molecule has 142 valence electrons. The highest BCUT2D eigenvalue weighted by Gasteiger charge is 2.28. The summed E-state index contributed by atoms with van der Waals surface area (Å²) in [5.41, 5.74) is 3.49. The fourth-order valence-corrected chi connectivity index (χ4v) is 1.92. The first kappa shape index (κ1) is 21.3. The number of benzene rings is 1. The molecule has 0 saturated heterocycles. The number of alkyl halides is 3. The number of carbonyl (C=O) groups excluding carboxylic acids is 1. The molecule has 2 aromatic rings. The molecular weight excluding hydrogens is 387 g/mol. The molecule has 1 aromatic carbocycles. The maximum absolute atomic E-state index is 11.4. The molecule has 12 heteroatoms. The quantitative estimate of drug-likeness (QED) is 0.599. The number of hydrogen-bond donors (Lipinski definition) is 3. The summed E-state index contributed by atoms with van der Waals surface area (Å²) in [5, 5.41) is 27.7. The third-order valence-electron chi connectivity index (χ3n) is 2.94. The van der Waals surface area contributed by atoms with Crippen molar-refractivity contribution in [3.63, 3.8) is 0 Å². The highest BCUT2D eigenvalue weighted by atomic mass is 35.5. The molecule has 0 aliphatic rings. The molecule has 1 heterocycles. The average Bonchev–Trinajstić information content (AvgIpc) is 2.48. The van der Waals surface area contributed by atoms with Gasteiger partial charge in [-0.3, -0.25) is 0 Å². The van der Waals surface area contributed by atoms with Crippen molar-refractivity contribution in [3.05, 3.63) is 39.2 Å². The highest BCUT2D eigenvalue weighted by Crippen LogP contribution is 2.30. The summed E-state index contributed by atoms with van der Waals surface area (Å²) in [6.07, 6.45) is -5.13. The smallest absolute Gasteiger partial charge is 0.430 e. The number of aromatic hydroxyl groups is 1. The van der Waals surface area contributed by atoms with Crippen molar-refractivity contribution in [2.45, 2.75) is 18.6 Å². The molecule has 0 saturated carbocycles. The van der Waals surface area contributed by atoms with E-state index in [0.29, 0.717) is 10.9 Å². The Morgan fingerprint density at radius 2 is 1.85 bits per heavy atom. The number of fused-ring (bicyclic) bond motifs is 1. The zero-order valence-electron chi connectivity index (χ0n) is 12.7. The zero-order valence-corrected chi connectivity index (χ0v) is 13.4. The second-order valence-corrected chi connectivity index (χ2v) is 5.32. The number of hydrogen-bond acceptors (Lipinski definition) is 6. The standard InChI is InChI=1S/C12H10ClNO5.C2HF3O2/c13-7-3-6-5(1-8(14)12(17)18)2-11(16)19-10(6)4-9(7)15;3-2(4,5)1(6)7/h2-4,8,15H,1,14H2,(H,17,18);(H,6,7)/t8-;/m0./s1. The van der Waals surface area contributed by atoms with Gasteiger partial charge in [0.25, 0.3) is 0 Å². The Balaban J connectivity index is 0.000000412. The number of quaternary nitrogens is 1. The minimum atomic E-state index is -5.19. The number of carboxylic acids is 2. The van der Waals surface area contributed by atoms with Gasteiger partial charge in [-0.1, -0.05) is 11.6 Å². The number of phenols is 1. The molecular formula is C14H11ClF3NO7. The maximum Gasteiger partial charge on any atom is 0.430 e. The van der Waals surface area contributed by atoms with Crippen LogP contribution in [0.4, 0.5) is 13.2 Å². The van der Waals surface area contributed by atoms with E-state index >= 15 is 0 Å². The fourth-order valence-electron chi connectivity index (χ4n) is 1.76. The molecule has 2 rings (SSSR count). The van der Waals surface area contributed by atoms with Gasteiger partial charge in [-0.15, -0.1) is 0 Å². The summed E-state index contributed by atoms with van der Waals surface area (Å²) in [6.45, 7) is 0. The van der Waals surface area contributed by atoms with Crippen LogP contribution in [0.25, 0.3) is 11.0 Å². The van der Waals surface area contributed by atoms with E-state index in [4.69, 9.17) is 31.0 Å². The number of rotatable bonds is 3. The highest BCUT2D eigenvalue weighted by molar-refractivity contribution is 6.32. The molecule has 8 nitrogen and oxygen atoms in total. The molecule has 0 bridgehead atoms. The Kier molecular flexibility index (Phi) is 6.59. The third kappa shape index (κ3) is 5.63. The Hall–Kier alpha value is -2.79. The number of carbonyl (C=O) groups is 2. The van der Waals surface area contributed by atoms with E-state index in [2.05, 4.69) is 5.73 Å². The van der Waals surface area contributed by atoms with Gasteiger partial charge in [-0.05, 0) is 11.6 Å². The van der Waals surface area contributed by atoms with E-state index < -0.39 is 29.8 Å². The van der Waals surface area contributed by atoms with E-state index in [1.807, 2.05) is 0 Å². The summed E-state index contributed by atoms with van der Waals surface area (Å²) in [7, 11) is 0. The lowest BCUT2D eigenvalue weighted by molar-refractivity contribution is -0.407. The first-order valence-corrected chi connectivity index (χ1v) is 7.00. The normalized spacial score (nSPS) is 12.2. The Morgan fingerprint density at radius 1 is 1.31 bits per heavy atom. The second-order valence-electron chi connectivity index (χ2n) is 4.91. The van der Waals surface area contributed by atoms with Crippen LogP contribution >= 0.6 is 11.6 Å². The topological polar surface area (TPSA) is 156 Å². The van der Waals surface area contributed by atoms with Crippen LogP contribution in [0.2, 0.25) is 5.02 Å². The van der Waals surface area contributed by atoms with Crippen LogP contribution in [0.1, 0.15) is 5.56 Å². The molecule has 0 radical (unpaired) electrons. The molecule has 0 amide bonds. The Bertz CT molecular complexity index is 894. The van der Waals surface area contributed by atoms with Crippen LogP contribution in [-0.2, 0) is 16.0 Å². The number of phenolic OH excluding ortho intramolecular Hbond substituents is 1. The van der Waals surface area contributed by atoms with Crippen LogP contribution in [0.5, 0.6) is 5.75 Å². The summed E-state index contributed by atoms with van der Waals surface area (Å²) in [6, 6.07) is 2.97. The van der Waals surface area contributed by atoms with E-state index in [1.54, 1.807) is 0 Å². The van der Waals surface area contributed by atoms with Gasteiger partial charge >= 0.3 is 17.8 Å². The number of aliphatic carboxylic acids is 2. The lowest BCUT2D eigenvalue weighted by Crippen LogP contribution is -2.66. The molecule has 0 spiro atoms. The van der Waals surface area contributed by atoms with Crippen LogP contribution in [0.15, 0.2) is 27.4 Å². The summed E-state index contributed by atoms with van der Waals surface area (Å²) in [4.78, 5) is 31.0. The van der Waals surface area contributed by atoms with Crippen molar-refractivity contribution >= 4 is 34.5 Å². The maximum atomic E-state index is 11.4. The lowest BCUT2D eigenvalue weighted by atomic mass is 10.0. The first-order valence-electron chi connectivity index (χ1n) is 6.62. The molecule has 0 fully saturated rings. The fraction of sp³-hybridized carbons (Fsp3) is 0.214. The Morgan fingerprint density at radius 3 is 2.31 bits per heavy atom. The van der Waals surface area contributed by atoms with Gasteiger partial charge in [0.05, 0.1) is 5.02 Å². The van der Waals surface area contributed by atoms with E-state index in [1.165, 1.54) is 18.2 Å². The van der Waals surface area contributed by atoms with E-state index in [9.17, 15) is 27.9 Å². The monoisotopic (exact) mass is 397 g/mol. The van der Waals surface area contributed by atoms with Gasteiger partial charge in [0.1, 0.15) is 17.3 Å². The van der Waals surface area contributed by atoms with Gasteiger partial charge in [0.2, 0.25) is 0 Å². The van der Waals surface area contributed by atoms with Gasteiger partial charge in [-0.25, -0.2) is 9.59 Å². The molecule has 0 aliphatic carbocycles. The third-order valence-corrected chi connectivity index (χ3v) is 3.25.